The average Bonchev–Trinajstić information content (AvgIpc) is 2.77. The molecule has 1 heterocycles. The fourth-order valence-corrected chi connectivity index (χ4v) is 1.93. The summed E-state index contributed by atoms with van der Waals surface area (Å²) in [5.41, 5.74) is 2.86. The van der Waals surface area contributed by atoms with Crippen molar-refractivity contribution in [2.24, 2.45) is 0 Å². The summed E-state index contributed by atoms with van der Waals surface area (Å²) in [6.07, 6.45) is 0. The molecule has 0 atom stereocenters. The fraction of sp³-hybridized carbons (Fsp3) is 0.400. The number of benzene rings is 1. The van der Waals surface area contributed by atoms with E-state index >= 15 is 0 Å². The summed E-state index contributed by atoms with van der Waals surface area (Å²) < 4.78 is 1.62. The molecule has 5 nitrogen and oxygen atoms in total. The van der Waals surface area contributed by atoms with Crippen molar-refractivity contribution in [3.05, 3.63) is 41.0 Å². The molecule has 1 N–H and O–H groups in total. The van der Waals surface area contributed by atoms with Gasteiger partial charge in [-0.25, -0.2) is 14.5 Å². The second-order valence-electron chi connectivity index (χ2n) is 5.99. The van der Waals surface area contributed by atoms with Gasteiger partial charge in [0.15, 0.2) is 0 Å². The van der Waals surface area contributed by atoms with Gasteiger partial charge in [-0.1, -0.05) is 26.8 Å². The molecule has 1 aromatic heterocycles. The largest absolute Gasteiger partial charge is 0.475 e. The smallest absolute Gasteiger partial charge is 0.375 e. The molecule has 2 aromatic rings. The number of aromatic carboxylic acids is 1. The molecule has 1 aromatic carbocycles. The number of hydrogen-bond donors (Lipinski definition) is 1. The van der Waals surface area contributed by atoms with Crippen LogP contribution in [-0.4, -0.2) is 25.8 Å². The number of aromatic nitrogens is 3. The number of aryl methyl sites for hydroxylation is 2. The highest BCUT2D eigenvalue weighted by atomic mass is 16.4. The van der Waals surface area contributed by atoms with Crippen LogP contribution in [0.1, 0.15) is 48.3 Å². The van der Waals surface area contributed by atoms with E-state index in [9.17, 15) is 4.79 Å². The summed E-state index contributed by atoms with van der Waals surface area (Å²) in [6, 6.07) is 5.92. The number of carboxylic acid groups (broad SMARTS) is 1. The SMILES string of the molecule is Cc1ccc(-n2nc(C(=O)O)nc2C(C)(C)C)cc1C. The zero-order chi connectivity index (χ0) is 15.1. The Morgan fingerprint density at radius 2 is 1.85 bits per heavy atom. The topological polar surface area (TPSA) is 68.0 Å². The molecule has 0 spiro atoms. The van der Waals surface area contributed by atoms with E-state index in [1.807, 2.05) is 52.8 Å². The van der Waals surface area contributed by atoms with E-state index in [1.165, 1.54) is 5.56 Å². The number of carboxylic acids is 1. The lowest BCUT2D eigenvalue weighted by Gasteiger charge is -2.18. The van der Waals surface area contributed by atoms with Crippen LogP contribution < -0.4 is 0 Å². The second kappa shape index (κ2) is 4.74. The fourth-order valence-electron chi connectivity index (χ4n) is 1.93. The first-order valence-electron chi connectivity index (χ1n) is 6.48. The van der Waals surface area contributed by atoms with Crippen LogP contribution in [0, 0.1) is 13.8 Å². The van der Waals surface area contributed by atoms with Crippen LogP contribution in [0.5, 0.6) is 0 Å². The van der Waals surface area contributed by atoms with E-state index in [1.54, 1.807) is 4.68 Å². The standard InChI is InChI=1S/C15H19N3O2/c1-9-6-7-11(8-10(9)2)18-14(15(3,4)5)16-12(17-18)13(19)20/h6-8H,1-5H3,(H,19,20). The zero-order valence-corrected chi connectivity index (χ0v) is 12.4. The summed E-state index contributed by atoms with van der Waals surface area (Å²) in [7, 11) is 0. The van der Waals surface area contributed by atoms with Gasteiger partial charge in [0.25, 0.3) is 5.82 Å². The van der Waals surface area contributed by atoms with Crippen molar-refractivity contribution >= 4 is 5.97 Å². The number of hydrogen-bond acceptors (Lipinski definition) is 3. The van der Waals surface area contributed by atoms with Gasteiger partial charge in [0.1, 0.15) is 5.82 Å². The first-order chi connectivity index (χ1) is 9.20. The predicted octanol–water partition coefficient (Wildman–Crippen LogP) is 2.88. The molecule has 0 unspecified atom stereocenters. The number of rotatable bonds is 2. The Labute approximate surface area is 118 Å². The molecule has 0 saturated heterocycles. The molecule has 5 heteroatoms. The quantitative estimate of drug-likeness (QED) is 0.913. The molecular weight excluding hydrogens is 254 g/mol. The average molecular weight is 273 g/mol. The van der Waals surface area contributed by atoms with Gasteiger partial charge in [-0.3, -0.25) is 0 Å². The minimum Gasteiger partial charge on any atom is -0.475 e. The van der Waals surface area contributed by atoms with Crippen LogP contribution in [0.15, 0.2) is 18.2 Å². The molecule has 0 fully saturated rings. The molecular formula is C15H19N3O2. The van der Waals surface area contributed by atoms with Crippen LogP contribution in [0.3, 0.4) is 0 Å². The van der Waals surface area contributed by atoms with Crippen LogP contribution >= 0.6 is 0 Å². The molecule has 0 amide bonds. The lowest BCUT2D eigenvalue weighted by atomic mass is 9.95. The van der Waals surface area contributed by atoms with Crippen molar-refractivity contribution in [1.82, 2.24) is 14.8 Å². The van der Waals surface area contributed by atoms with Crippen molar-refractivity contribution < 1.29 is 9.90 Å². The third-order valence-electron chi connectivity index (χ3n) is 3.20. The van der Waals surface area contributed by atoms with Gasteiger partial charge < -0.3 is 5.11 Å². The molecule has 20 heavy (non-hydrogen) atoms. The summed E-state index contributed by atoms with van der Waals surface area (Å²) in [6.45, 7) is 10.0. The van der Waals surface area contributed by atoms with Crippen LogP contribution in [0.4, 0.5) is 0 Å². The lowest BCUT2D eigenvalue weighted by Crippen LogP contribution is -2.19. The molecule has 0 aliphatic carbocycles. The molecule has 106 valence electrons. The maximum absolute atomic E-state index is 11.1. The molecule has 0 aliphatic heterocycles. The highest BCUT2D eigenvalue weighted by Crippen LogP contribution is 2.24. The Hall–Kier alpha value is -2.17. The Kier molecular flexibility index (Phi) is 3.38. The van der Waals surface area contributed by atoms with E-state index in [0.29, 0.717) is 5.82 Å². The molecule has 0 saturated carbocycles. The van der Waals surface area contributed by atoms with E-state index < -0.39 is 5.97 Å². The third-order valence-corrected chi connectivity index (χ3v) is 3.20. The molecule has 0 aliphatic rings. The predicted molar refractivity (Wildman–Crippen MR) is 76.5 cm³/mol. The van der Waals surface area contributed by atoms with Crippen LogP contribution in [0.25, 0.3) is 5.69 Å². The van der Waals surface area contributed by atoms with Gasteiger partial charge in [-0.05, 0) is 37.1 Å². The van der Waals surface area contributed by atoms with E-state index in [2.05, 4.69) is 10.1 Å². The van der Waals surface area contributed by atoms with Gasteiger partial charge in [0.05, 0.1) is 5.69 Å². The second-order valence-corrected chi connectivity index (χ2v) is 5.99. The zero-order valence-electron chi connectivity index (χ0n) is 12.4. The minimum atomic E-state index is -1.11. The molecule has 2 rings (SSSR count). The highest BCUT2D eigenvalue weighted by Gasteiger charge is 2.26. The minimum absolute atomic E-state index is 0.173. The van der Waals surface area contributed by atoms with Crippen molar-refractivity contribution in [3.63, 3.8) is 0 Å². The maximum Gasteiger partial charge on any atom is 0.375 e. The Bertz CT molecular complexity index is 666. The van der Waals surface area contributed by atoms with Gasteiger partial charge >= 0.3 is 5.97 Å². The molecule has 0 radical (unpaired) electrons. The van der Waals surface area contributed by atoms with Crippen LogP contribution in [0.2, 0.25) is 0 Å². The first kappa shape index (κ1) is 14.2. The lowest BCUT2D eigenvalue weighted by molar-refractivity contribution is 0.0683. The highest BCUT2D eigenvalue weighted by molar-refractivity contribution is 5.83. The third kappa shape index (κ3) is 2.57. The van der Waals surface area contributed by atoms with Gasteiger partial charge in [0, 0.05) is 5.41 Å². The Morgan fingerprint density at radius 1 is 1.20 bits per heavy atom. The van der Waals surface area contributed by atoms with Crippen molar-refractivity contribution in [3.8, 4) is 5.69 Å². The monoisotopic (exact) mass is 273 g/mol. The maximum atomic E-state index is 11.1. The normalized spacial score (nSPS) is 11.7. The number of nitrogens with zero attached hydrogens (tertiary/aromatic N) is 3. The van der Waals surface area contributed by atoms with Gasteiger partial charge in [-0.15, -0.1) is 5.10 Å². The van der Waals surface area contributed by atoms with Gasteiger partial charge in [0.2, 0.25) is 0 Å². The first-order valence-corrected chi connectivity index (χ1v) is 6.48. The summed E-state index contributed by atoms with van der Waals surface area (Å²) in [5, 5.41) is 13.2. The van der Waals surface area contributed by atoms with Crippen molar-refractivity contribution in [1.29, 1.82) is 0 Å². The van der Waals surface area contributed by atoms with E-state index in [0.717, 1.165) is 11.3 Å². The van der Waals surface area contributed by atoms with Gasteiger partial charge in [-0.2, -0.15) is 0 Å². The van der Waals surface area contributed by atoms with E-state index in [-0.39, 0.29) is 11.2 Å². The van der Waals surface area contributed by atoms with Crippen LogP contribution in [-0.2, 0) is 5.41 Å². The van der Waals surface area contributed by atoms with E-state index in [4.69, 9.17) is 5.11 Å². The number of carbonyl (C=O) groups is 1. The molecule has 0 bridgehead atoms. The van der Waals surface area contributed by atoms with Crippen molar-refractivity contribution in [2.45, 2.75) is 40.0 Å². The van der Waals surface area contributed by atoms with Crippen molar-refractivity contribution in [2.75, 3.05) is 0 Å². The summed E-state index contributed by atoms with van der Waals surface area (Å²) in [5.74, 6) is -0.649. The summed E-state index contributed by atoms with van der Waals surface area (Å²) >= 11 is 0. The summed E-state index contributed by atoms with van der Waals surface area (Å²) in [4.78, 5) is 15.3. The Morgan fingerprint density at radius 3 is 2.35 bits per heavy atom. The Balaban J connectivity index is 2.65.